The number of hydrogen-bond acceptors (Lipinski definition) is 7. The number of nitrogens with zero attached hydrogens (tertiary/aromatic N) is 2. The molecule has 3 heterocycles. The van der Waals surface area contributed by atoms with E-state index in [9.17, 15) is 0 Å². The van der Waals surface area contributed by atoms with E-state index in [1.807, 2.05) is 12.4 Å². The Kier molecular flexibility index (Phi) is 4.75. The Morgan fingerprint density at radius 3 is 2.95 bits per heavy atom. The Morgan fingerprint density at radius 2 is 2.27 bits per heavy atom. The summed E-state index contributed by atoms with van der Waals surface area (Å²) in [7, 11) is 0. The van der Waals surface area contributed by atoms with Gasteiger partial charge in [-0.05, 0) is 13.0 Å². The number of rotatable bonds is 5. The van der Waals surface area contributed by atoms with E-state index in [1.54, 1.807) is 23.1 Å². The monoisotopic (exact) mass is 338 g/mol. The summed E-state index contributed by atoms with van der Waals surface area (Å²) in [5.41, 5.74) is 0.00676. The van der Waals surface area contributed by atoms with E-state index in [2.05, 4.69) is 41.4 Å². The summed E-state index contributed by atoms with van der Waals surface area (Å²) in [6.45, 7) is 8.50. The molecule has 120 valence electrons. The fraction of sp³-hybridized carbons (Fsp3) is 0.600. The quantitative estimate of drug-likeness (QED) is 0.814. The van der Waals surface area contributed by atoms with Crippen molar-refractivity contribution in [2.45, 2.75) is 48.6 Å². The highest BCUT2D eigenvalue weighted by Crippen LogP contribution is 2.32. The molecule has 5 nitrogen and oxygen atoms in total. The van der Waals surface area contributed by atoms with Gasteiger partial charge in [0.1, 0.15) is 5.76 Å². The van der Waals surface area contributed by atoms with Crippen molar-refractivity contribution >= 4 is 28.2 Å². The summed E-state index contributed by atoms with van der Waals surface area (Å²) in [4.78, 5) is 8.80. The number of thiazole rings is 1. The maximum absolute atomic E-state index is 5.81. The van der Waals surface area contributed by atoms with Crippen LogP contribution in [0.3, 0.4) is 0 Å². The van der Waals surface area contributed by atoms with Gasteiger partial charge in [-0.15, -0.1) is 11.8 Å². The van der Waals surface area contributed by atoms with Crippen LogP contribution in [0, 0.1) is 0 Å². The van der Waals surface area contributed by atoms with Crippen LogP contribution >= 0.6 is 23.1 Å². The molecule has 2 N–H and O–H groups in total. The van der Waals surface area contributed by atoms with Crippen LogP contribution in [0.15, 0.2) is 21.0 Å². The van der Waals surface area contributed by atoms with Crippen LogP contribution in [0.2, 0.25) is 0 Å². The standard InChI is InChI=1S/C15H22N4OS2/c1-15(2,3)11-7-17-12(20-11)9-21-13-8-18-14(22-13)19-10-4-5-16-6-10/h7-8,10,16H,4-6,9H2,1-3H3,(H,18,19). The molecule has 22 heavy (non-hydrogen) atoms. The largest absolute Gasteiger partial charge is 0.444 e. The molecule has 0 aromatic carbocycles. The highest BCUT2D eigenvalue weighted by molar-refractivity contribution is 8.00. The minimum atomic E-state index is 0.00676. The smallest absolute Gasteiger partial charge is 0.204 e. The van der Waals surface area contributed by atoms with Crippen molar-refractivity contribution in [2.75, 3.05) is 18.4 Å². The van der Waals surface area contributed by atoms with Crippen LogP contribution in [0.5, 0.6) is 0 Å². The summed E-state index contributed by atoms with van der Waals surface area (Å²) < 4.78 is 7.00. The minimum Gasteiger partial charge on any atom is -0.444 e. The summed E-state index contributed by atoms with van der Waals surface area (Å²) in [5.74, 6) is 2.45. The third-order valence-electron chi connectivity index (χ3n) is 3.50. The lowest BCUT2D eigenvalue weighted by Crippen LogP contribution is -2.21. The molecule has 1 aliphatic rings. The molecule has 0 saturated carbocycles. The van der Waals surface area contributed by atoms with Crippen LogP contribution in [0.1, 0.15) is 38.8 Å². The number of hydrogen-bond donors (Lipinski definition) is 2. The van der Waals surface area contributed by atoms with Crippen molar-refractivity contribution in [1.82, 2.24) is 15.3 Å². The molecule has 1 atom stereocenters. The molecule has 2 aromatic rings. The molecule has 1 unspecified atom stereocenters. The van der Waals surface area contributed by atoms with E-state index in [4.69, 9.17) is 4.42 Å². The van der Waals surface area contributed by atoms with E-state index in [0.29, 0.717) is 6.04 Å². The molecule has 2 aromatic heterocycles. The van der Waals surface area contributed by atoms with Crippen molar-refractivity contribution in [3.8, 4) is 0 Å². The highest BCUT2D eigenvalue weighted by atomic mass is 32.2. The predicted octanol–water partition coefficient (Wildman–Crippen LogP) is 3.49. The van der Waals surface area contributed by atoms with E-state index in [-0.39, 0.29) is 5.41 Å². The molecular formula is C15H22N4OS2. The average molecular weight is 339 g/mol. The van der Waals surface area contributed by atoms with Gasteiger partial charge in [-0.25, -0.2) is 9.97 Å². The molecule has 0 spiro atoms. The van der Waals surface area contributed by atoms with Gasteiger partial charge < -0.3 is 15.1 Å². The topological polar surface area (TPSA) is 63.0 Å². The number of aromatic nitrogens is 2. The summed E-state index contributed by atoms with van der Waals surface area (Å²) >= 11 is 3.42. The minimum absolute atomic E-state index is 0.00676. The van der Waals surface area contributed by atoms with E-state index < -0.39 is 0 Å². The number of anilines is 1. The van der Waals surface area contributed by atoms with Gasteiger partial charge in [-0.2, -0.15) is 0 Å². The first-order valence-corrected chi connectivity index (χ1v) is 9.32. The molecule has 1 aliphatic heterocycles. The number of thioether (sulfide) groups is 1. The van der Waals surface area contributed by atoms with Gasteiger partial charge in [0.2, 0.25) is 5.89 Å². The van der Waals surface area contributed by atoms with Crippen molar-refractivity contribution in [1.29, 1.82) is 0 Å². The van der Waals surface area contributed by atoms with Gasteiger partial charge in [0.05, 0.1) is 22.4 Å². The zero-order chi connectivity index (χ0) is 15.6. The third kappa shape index (κ3) is 4.02. The van der Waals surface area contributed by atoms with Crippen molar-refractivity contribution < 1.29 is 4.42 Å². The van der Waals surface area contributed by atoms with Crippen LogP contribution < -0.4 is 10.6 Å². The highest BCUT2D eigenvalue weighted by Gasteiger charge is 2.19. The summed E-state index contributed by atoms with van der Waals surface area (Å²) in [5, 5.41) is 7.82. The lowest BCUT2D eigenvalue weighted by atomic mass is 9.94. The summed E-state index contributed by atoms with van der Waals surface area (Å²) in [6, 6.07) is 0.505. The Labute approximate surface area is 139 Å². The Balaban J connectivity index is 1.53. The molecule has 1 fully saturated rings. The van der Waals surface area contributed by atoms with Gasteiger partial charge in [0.15, 0.2) is 5.13 Å². The number of nitrogens with one attached hydrogen (secondary N) is 2. The molecule has 3 rings (SSSR count). The molecule has 7 heteroatoms. The van der Waals surface area contributed by atoms with Crippen molar-refractivity contribution in [3.63, 3.8) is 0 Å². The van der Waals surface area contributed by atoms with Gasteiger partial charge in [-0.1, -0.05) is 32.1 Å². The second-order valence-corrected chi connectivity index (χ2v) is 8.78. The Hall–Kier alpha value is -1.05. The molecule has 0 aliphatic carbocycles. The zero-order valence-electron chi connectivity index (χ0n) is 13.2. The molecular weight excluding hydrogens is 316 g/mol. The third-order valence-corrected chi connectivity index (χ3v) is 5.61. The second kappa shape index (κ2) is 6.60. The van der Waals surface area contributed by atoms with Gasteiger partial charge in [0, 0.05) is 18.0 Å². The van der Waals surface area contributed by atoms with Gasteiger partial charge >= 0.3 is 0 Å². The van der Waals surface area contributed by atoms with Crippen molar-refractivity contribution in [2.24, 2.45) is 0 Å². The lowest BCUT2D eigenvalue weighted by molar-refractivity contribution is 0.391. The lowest BCUT2D eigenvalue weighted by Gasteiger charge is -2.12. The SMILES string of the molecule is CC(C)(C)c1cnc(CSc2cnc(NC3CCNC3)s2)o1. The Bertz CT molecular complexity index is 611. The van der Waals surface area contributed by atoms with Crippen LogP contribution in [-0.2, 0) is 11.2 Å². The first-order chi connectivity index (χ1) is 10.5. The van der Waals surface area contributed by atoms with Gasteiger partial charge in [-0.3, -0.25) is 0 Å². The molecule has 1 saturated heterocycles. The summed E-state index contributed by atoms with van der Waals surface area (Å²) in [6.07, 6.45) is 4.92. The Morgan fingerprint density at radius 1 is 1.41 bits per heavy atom. The molecule has 0 bridgehead atoms. The van der Waals surface area contributed by atoms with Crippen LogP contribution in [0.25, 0.3) is 0 Å². The van der Waals surface area contributed by atoms with Crippen LogP contribution in [0.4, 0.5) is 5.13 Å². The predicted molar refractivity (Wildman–Crippen MR) is 91.8 cm³/mol. The normalized spacial score (nSPS) is 18.8. The van der Waals surface area contributed by atoms with E-state index >= 15 is 0 Å². The fourth-order valence-electron chi connectivity index (χ4n) is 2.20. The maximum atomic E-state index is 5.81. The van der Waals surface area contributed by atoms with E-state index in [1.165, 1.54) is 4.21 Å². The van der Waals surface area contributed by atoms with E-state index in [0.717, 1.165) is 42.0 Å². The first kappa shape index (κ1) is 15.8. The molecule has 0 radical (unpaired) electrons. The molecule has 0 amide bonds. The fourth-order valence-corrected chi connectivity index (χ4v) is 4.00. The van der Waals surface area contributed by atoms with Crippen LogP contribution in [-0.4, -0.2) is 29.1 Å². The average Bonchev–Trinajstić information content (AvgIpc) is 3.17. The van der Waals surface area contributed by atoms with Crippen molar-refractivity contribution in [3.05, 3.63) is 24.0 Å². The van der Waals surface area contributed by atoms with Gasteiger partial charge in [0.25, 0.3) is 0 Å². The maximum Gasteiger partial charge on any atom is 0.204 e. The number of oxazole rings is 1. The second-order valence-electron chi connectivity index (χ2n) is 6.48. The zero-order valence-corrected chi connectivity index (χ0v) is 14.8. The first-order valence-electron chi connectivity index (χ1n) is 7.52.